The van der Waals surface area contributed by atoms with Gasteiger partial charge in [0, 0.05) is 46.6 Å². The van der Waals surface area contributed by atoms with E-state index in [1.165, 1.54) is 5.56 Å². The van der Waals surface area contributed by atoms with E-state index in [9.17, 15) is 9.59 Å². The van der Waals surface area contributed by atoms with Crippen LogP contribution in [0.3, 0.4) is 0 Å². The second kappa shape index (κ2) is 17.8. The highest BCUT2D eigenvalue weighted by Gasteiger charge is 2.16. The Bertz CT molecular complexity index is 1970. The first-order valence-corrected chi connectivity index (χ1v) is 17.4. The van der Waals surface area contributed by atoms with Crippen LogP contribution in [0.4, 0.5) is 28.4 Å². The van der Waals surface area contributed by atoms with E-state index in [1.807, 2.05) is 114 Å². The van der Waals surface area contributed by atoms with Crippen LogP contribution in [0, 0.1) is 6.92 Å². The van der Waals surface area contributed by atoms with Crippen LogP contribution in [0.1, 0.15) is 36.1 Å². The monoisotopic (exact) mass is 711 g/mol. The molecule has 0 aliphatic heterocycles. The zero-order valence-corrected chi connectivity index (χ0v) is 30.5. The lowest BCUT2D eigenvalue weighted by molar-refractivity contribution is -0.139. The maximum atomic E-state index is 11.8. The Morgan fingerprint density at radius 2 is 1.12 bits per heavy atom. The minimum Gasteiger partial charge on any atom is -0.462 e. The number of ether oxygens (including phenoxy) is 2. The Morgan fingerprint density at radius 3 is 1.60 bits per heavy atom. The number of rotatable bonds is 15. The van der Waals surface area contributed by atoms with Crippen molar-refractivity contribution in [3.63, 3.8) is 0 Å². The lowest BCUT2D eigenvalue weighted by Crippen LogP contribution is -2.12. The molecular formula is C44H42ClN3O4. The molecule has 0 bridgehead atoms. The fourth-order valence-electron chi connectivity index (χ4n) is 5.26. The number of hydrazone groups is 1. The SMILES string of the molecule is C=C(C)C(=O)OCCc1ccc(N(c2ccc(CCOC(=O)C(=C)C)cc2)c2ccc(C=NN(c3ccccc3)c3ccc(C)cc3)c(Cl)c2)cc1. The summed E-state index contributed by atoms with van der Waals surface area (Å²) in [5.41, 5.74) is 9.28. The molecule has 0 aliphatic rings. The maximum Gasteiger partial charge on any atom is 0.333 e. The molecule has 0 atom stereocenters. The topological polar surface area (TPSA) is 71.4 Å². The number of hydrogen-bond acceptors (Lipinski definition) is 7. The molecule has 0 unspecified atom stereocenters. The van der Waals surface area contributed by atoms with Gasteiger partial charge in [0.1, 0.15) is 0 Å². The van der Waals surface area contributed by atoms with Gasteiger partial charge in [-0.15, -0.1) is 0 Å². The third kappa shape index (κ3) is 10.1. The van der Waals surface area contributed by atoms with Gasteiger partial charge in [-0.1, -0.05) is 84.9 Å². The molecule has 264 valence electrons. The van der Waals surface area contributed by atoms with Crippen LogP contribution in [0.5, 0.6) is 0 Å². The Balaban J connectivity index is 1.42. The Morgan fingerprint density at radius 1 is 0.654 bits per heavy atom. The van der Waals surface area contributed by atoms with E-state index in [4.69, 9.17) is 26.2 Å². The molecule has 0 fully saturated rings. The number of benzene rings is 5. The largest absolute Gasteiger partial charge is 0.462 e. The van der Waals surface area contributed by atoms with Crippen LogP contribution >= 0.6 is 11.6 Å². The molecule has 8 heteroatoms. The number of carbonyl (C=O) groups is 2. The first-order valence-electron chi connectivity index (χ1n) is 17.0. The zero-order chi connectivity index (χ0) is 37.0. The lowest BCUT2D eigenvalue weighted by atomic mass is 10.1. The van der Waals surface area contributed by atoms with E-state index in [0.717, 1.165) is 45.1 Å². The number of nitrogens with zero attached hydrogens (tertiary/aromatic N) is 3. The summed E-state index contributed by atoms with van der Waals surface area (Å²) in [6.07, 6.45) is 2.92. The third-order valence-electron chi connectivity index (χ3n) is 8.17. The van der Waals surface area contributed by atoms with Gasteiger partial charge in [-0.25, -0.2) is 14.6 Å². The summed E-state index contributed by atoms with van der Waals surface area (Å²) in [6, 6.07) is 40.3. The van der Waals surface area contributed by atoms with Gasteiger partial charge in [-0.05, 0) is 98.6 Å². The van der Waals surface area contributed by atoms with E-state index in [2.05, 4.69) is 37.1 Å². The molecule has 5 aromatic carbocycles. The molecule has 0 spiro atoms. The summed E-state index contributed by atoms with van der Waals surface area (Å²) in [5, 5.41) is 7.29. The Labute approximate surface area is 311 Å². The summed E-state index contributed by atoms with van der Waals surface area (Å²) < 4.78 is 10.6. The Kier molecular flexibility index (Phi) is 12.8. The fourth-order valence-corrected chi connectivity index (χ4v) is 5.48. The highest BCUT2D eigenvalue weighted by atomic mass is 35.5. The molecule has 7 nitrogen and oxygen atoms in total. The minimum atomic E-state index is -0.395. The van der Waals surface area contributed by atoms with Gasteiger partial charge in [0.25, 0.3) is 0 Å². The molecule has 0 aromatic heterocycles. The van der Waals surface area contributed by atoms with Crippen LogP contribution in [-0.2, 0) is 31.9 Å². The van der Waals surface area contributed by atoms with Crippen LogP contribution in [0.15, 0.2) is 151 Å². The van der Waals surface area contributed by atoms with Gasteiger partial charge in [0.15, 0.2) is 0 Å². The van der Waals surface area contributed by atoms with Crippen molar-refractivity contribution in [1.29, 1.82) is 0 Å². The van der Waals surface area contributed by atoms with Crippen molar-refractivity contribution in [3.8, 4) is 0 Å². The molecular weight excluding hydrogens is 670 g/mol. The predicted octanol–water partition coefficient (Wildman–Crippen LogP) is 10.6. The molecule has 0 saturated heterocycles. The number of para-hydroxylation sites is 1. The smallest absolute Gasteiger partial charge is 0.333 e. The van der Waals surface area contributed by atoms with Gasteiger partial charge < -0.3 is 14.4 Å². The summed E-state index contributed by atoms with van der Waals surface area (Å²) >= 11 is 6.97. The number of carbonyl (C=O) groups excluding carboxylic acids is 2. The summed E-state index contributed by atoms with van der Waals surface area (Å²) in [4.78, 5) is 25.8. The van der Waals surface area contributed by atoms with Crippen molar-refractivity contribution >= 4 is 58.2 Å². The van der Waals surface area contributed by atoms with Gasteiger partial charge in [0.2, 0.25) is 0 Å². The number of anilines is 5. The minimum absolute atomic E-state index is 0.266. The Hall–Kier alpha value is -5.92. The highest BCUT2D eigenvalue weighted by molar-refractivity contribution is 6.33. The van der Waals surface area contributed by atoms with Crippen molar-refractivity contribution in [2.45, 2.75) is 33.6 Å². The molecule has 0 aliphatic carbocycles. The molecule has 0 saturated carbocycles. The first-order chi connectivity index (χ1) is 25.1. The van der Waals surface area contributed by atoms with Crippen molar-refractivity contribution in [2.24, 2.45) is 5.10 Å². The number of halogens is 1. The summed E-state index contributed by atoms with van der Waals surface area (Å²) in [7, 11) is 0. The second-order valence-electron chi connectivity index (χ2n) is 12.4. The molecule has 0 amide bonds. The molecule has 0 radical (unpaired) electrons. The number of aryl methyl sites for hydroxylation is 1. The van der Waals surface area contributed by atoms with Crippen LogP contribution < -0.4 is 9.91 Å². The summed E-state index contributed by atoms with van der Waals surface area (Å²) in [5.74, 6) is -0.790. The van der Waals surface area contributed by atoms with Crippen molar-refractivity contribution in [2.75, 3.05) is 23.1 Å². The normalized spacial score (nSPS) is 10.8. The second-order valence-corrected chi connectivity index (χ2v) is 12.8. The quantitative estimate of drug-likeness (QED) is 0.0466. The molecule has 5 aromatic rings. The third-order valence-corrected chi connectivity index (χ3v) is 8.49. The van der Waals surface area contributed by atoms with Crippen molar-refractivity contribution in [3.05, 3.63) is 173 Å². The number of hydrogen-bond donors (Lipinski definition) is 0. The average Bonchev–Trinajstić information content (AvgIpc) is 3.14. The van der Waals surface area contributed by atoms with E-state index in [0.29, 0.717) is 29.0 Å². The maximum absolute atomic E-state index is 11.8. The van der Waals surface area contributed by atoms with Gasteiger partial charge in [0.05, 0.1) is 35.8 Å². The molecule has 0 N–H and O–H groups in total. The average molecular weight is 712 g/mol. The molecule has 0 heterocycles. The molecule has 52 heavy (non-hydrogen) atoms. The highest BCUT2D eigenvalue weighted by Crippen LogP contribution is 2.37. The lowest BCUT2D eigenvalue weighted by Gasteiger charge is -2.26. The zero-order valence-electron chi connectivity index (χ0n) is 29.7. The fraction of sp³-hybridized carbons (Fsp3) is 0.159. The van der Waals surface area contributed by atoms with E-state index in [-0.39, 0.29) is 13.2 Å². The molecule has 5 rings (SSSR count). The van der Waals surface area contributed by atoms with Crippen molar-refractivity contribution < 1.29 is 19.1 Å². The van der Waals surface area contributed by atoms with Crippen LogP contribution in [0.2, 0.25) is 5.02 Å². The predicted molar refractivity (Wildman–Crippen MR) is 212 cm³/mol. The first kappa shape index (κ1) is 37.3. The van der Waals surface area contributed by atoms with Crippen LogP contribution in [0.25, 0.3) is 0 Å². The number of esters is 2. The van der Waals surface area contributed by atoms with Crippen LogP contribution in [-0.4, -0.2) is 31.4 Å². The van der Waals surface area contributed by atoms with E-state index >= 15 is 0 Å². The summed E-state index contributed by atoms with van der Waals surface area (Å²) in [6.45, 7) is 13.1. The van der Waals surface area contributed by atoms with Gasteiger partial charge >= 0.3 is 11.9 Å². The van der Waals surface area contributed by atoms with E-state index < -0.39 is 11.9 Å². The van der Waals surface area contributed by atoms with Gasteiger partial charge in [-0.2, -0.15) is 5.10 Å². The standard InChI is InChI=1S/C44H42ClN3O4/c1-31(2)43(49)51-27-25-34-13-20-37(21-14-34)47(38-22-15-35(16-23-38)26-28-52-44(50)32(3)4)41-24-17-36(42(45)29-41)30-46-48(39-9-7-6-8-10-39)40-18-11-33(5)12-19-40/h6-24,29-30H,1,3,25-28H2,2,4-5H3. The van der Waals surface area contributed by atoms with Crippen molar-refractivity contribution in [1.82, 2.24) is 0 Å². The van der Waals surface area contributed by atoms with Gasteiger partial charge in [-0.3, -0.25) is 0 Å². The van der Waals surface area contributed by atoms with E-state index in [1.54, 1.807) is 20.1 Å².